The number of phenols is 1. The van der Waals surface area contributed by atoms with Gasteiger partial charge in [0, 0.05) is 12.5 Å². The number of nitrogens with zero attached hydrogens (tertiary/aromatic N) is 1. The quantitative estimate of drug-likeness (QED) is 0.812. The minimum Gasteiger partial charge on any atom is -0.508 e. The molecule has 92 valence electrons. The molecule has 0 aliphatic carbocycles. The van der Waals surface area contributed by atoms with E-state index >= 15 is 0 Å². The summed E-state index contributed by atoms with van der Waals surface area (Å²) in [6, 6.07) is 7.06. The van der Waals surface area contributed by atoms with Crippen LogP contribution in [-0.2, 0) is 4.79 Å². The summed E-state index contributed by atoms with van der Waals surface area (Å²) >= 11 is 0. The zero-order valence-electron chi connectivity index (χ0n) is 10.2. The number of phenolic OH excluding ortho intramolecular Hbond substituents is 1. The van der Waals surface area contributed by atoms with E-state index in [1.807, 2.05) is 6.07 Å². The number of benzene rings is 1. The first-order chi connectivity index (χ1) is 8.20. The molecule has 1 aromatic carbocycles. The molecule has 1 aliphatic rings. The number of carbonyl (C=O) groups excluding carboxylic acids is 1. The number of rotatable bonds is 3. The molecule has 1 saturated heterocycles. The first-order valence-corrected chi connectivity index (χ1v) is 6.13. The topological polar surface area (TPSA) is 40.5 Å². The van der Waals surface area contributed by atoms with Crippen molar-refractivity contribution in [2.45, 2.75) is 18.8 Å². The SMILES string of the molecule is CN1CCCC(C(C=O)c2cccc(O)c2)C1. The van der Waals surface area contributed by atoms with E-state index in [1.165, 1.54) is 0 Å². The van der Waals surface area contributed by atoms with Crippen molar-refractivity contribution in [1.29, 1.82) is 0 Å². The predicted molar refractivity (Wildman–Crippen MR) is 67.1 cm³/mol. The molecule has 1 aromatic rings. The van der Waals surface area contributed by atoms with Gasteiger partial charge in [-0.2, -0.15) is 0 Å². The maximum atomic E-state index is 11.3. The van der Waals surface area contributed by atoms with Crippen molar-refractivity contribution in [2.75, 3.05) is 20.1 Å². The fourth-order valence-corrected chi connectivity index (χ4v) is 2.69. The number of aromatic hydroxyl groups is 1. The van der Waals surface area contributed by atoms with Crippen molar-refractivity contribution in [3.8, 4) is 5.75 Å². The Morgan fingerprint density at radius 2 is 2.35 bits per heavy atom. The maximum absolute atomic E-state index is 11.3. The first-order valence-electron chi connectivity index (χ1n) is 6.13. The van der Waals surface area contributed by atoms with E-state index in [9.17, 15) is 9.90 Å². The van der Waals surface area contributed by atoms with Crippen molar-refractivity contribution in [2.24, 2.45) is 5.92 Å². The van der Waals surface area contributed by atoms with Crippen LogP contribution in [0.15, 0.2) is 24.3 Å². The standard InChI is InChI=1S/C14H19NO2/c1-15-7-3-5-12(9-15)14(10-16)11-4-2-6-13(17)8-11/h2,4,6,8,10,12,14,17H,3,5,7,9H2,1H3. The Morgan fingerprint density at radius 1 is 1.53 bits per heavy atom. The first kappa shape index (κ1) is 12.1. The van der Waals surface area contributed by atoms with Gasteiger partial charge in [0.05, 0.1) is 0 Å². The lowest BCUT2D eigenvalue weighted by Crippen LogP contribution is -2.35. The lowest BCUT2D eigenvalue weighted by molar-refractivity contribution is -0.110. The second-order valence-electron chi connectivity index (χ2n) is 4.92. The number of likely N-dealkylation sites (tertiary alicyclic amines) is 1. The number of hydrogen-bond acceptors (Lipinski definition) is 3. The molecule has 0 saturated carbocycles. The Balaban J connectivity index is 2.18. The summed E-state index contributed by atoms with van der Waals surface area (Å²) in [5.41, 5.74) is 0.931. The van der Waals surface area contributed by atoms with E-state index in [1.54, 1.807) is 18.2 Å². The van der Waals surface area contributed by atoms with Crippen molar-refractivity contribution in [3.63, 3.8) is 0 Å². The van der Waals surface area contributed by atoms with Crippen molar-refractivity contribution in [1.82, 2.24) is 4.90 Å². The molecule has 3 nitrogen and oxygen atoms in total. The lowest BCUT2D eigenvalue weighted by Gasteiger charge is -2.33. The highest BCUT2D eigenvalue weighted by molar-refractivity contribution is 5.63. The van der Waals surface area contributed by atoms with Gasteiger partial charge in [-0.1, -0.05) is 12.1 Å². The second kappa shape index (κ2) is 5.32. The zero-order valence-corrected chi connectivity index (χ0v) is 10.2. The van der Waals surface area contributed by atoms with Crippen LogP contribution in [0.25, 0.3) is 0 Å². The maximum Gasteiger partial charge on any atom is 0.127 e. The molecule has 2 rings (SSSR count). The van der Waals surface area contributed by atoms with Gasteiger partial charge < -0.3 is 14.8 Å². The van der Waals surface area contributed by atoms with Gasteiger partial charge in [0.25, 0.3) is 0 Å². The fraction of sp³-hybridized carbons (Fsp3) is 0.500. The van der Waals surface area contributed by atoms with Crippen LogP contribution < -0.4 is 0 Å². The molecule has 0 spiro atoms. The number of carbonyl (C=O) groups is 1. The van der Waals surface area contributed by atoms with Gasteiger partial charge in [0.1, 0.15) is 12.0 Å². The van der Waals surface area contributed by atoms with Gasteiger partial charge in [-0.05, 0) is 50.0 Å². The van der Waals surface area contributed by atoms with Crippen molar-refractivity contribution in [3.05, 3.63) is 29.8 Å². The third-order valence-corrected chi connectivity index (χ3v) is 3.57. The largest absolute Gasteiger partial charge is 0.508 e. The average molecular weight is 233 g/mol. The van der Waals surface area contributed by atoms with Crippen LogP contribution in [-0.4, -0.2) is 36.4 Å². The van der Waals surface area contributed by atoms with Crippen LogP contribution in [0.5, 0.6) is 5.75 Å². The van der Waals surface area contributed by atoms with E-state index in [4.69, 9.17) is 0 Å². The molecule has 0 aromatic heterocycles. The fourth-order valence-electron chi connectivity index (χ4n) is 2.69. The lowest BCUT2D eigenvalue weighted by atomic mass is 9.82. The summed E-state index contributed by atoms with van der Waals surface area (Å²) in [6.45, 7) is 2.07. The molecular formula is C14H19NO2. The van der Waals surface area contributed by atoms with Crippen LogP contribution >= 0.6 is 0 Å². The molecule has 0 radical (unpaired) electrons. The van der Waals surface area contributed by atoms with E-state index in [0.717, 1.165) is 37.8 Å². The molecule has 1 fully saturated rings. The highest BCUT2D eigenvalue weighted by Crippen LogP contribution is 2.31. The summed E-state index contributed by atoms with van der Waals surface area (Å²) in [6.07, 6.45) is 3.26. The number of hydrogen-bond donors (Lipinski definition) is 1. The summed E-state index contributed by atoms with van der Waals surface area (Å²) in [4.78, 5) is 13.6. The van der Waals surface area contributed by atoms with Gasteiger partial charge in [-0.3, -0.25) is 0 Å². The molecular weight excluding hydrogens is 214 g/mol. The highest BCUT2D eigenvalue weighted by atomic mass is 16.3. The summed E-state index contributed by atoms with van der Waals surface area (Å²) in [7, 11) is 2.09. The van der Waals surface area contributed by atoms with E-state index < -0.39 is 0 Å². The van der Waals surface area contributed by atoms with Crippen LogP contribution in [0.4, 0.5) is 0 Å². The molecule has 17 heavy (non-hydrogen) atoms. The van der Waals surface area contributed by atoms with E-state index in [2.05, 4.69) is 11.9 Å². The van der Waals surface area contributed by atoms with Crippen LogP contribution in [0, 0.1) is 5.92 Å². The van der Waals surface area contributed by atoms with Crippen LogP contribution in [0.1, 0.15) is 24.3 Å². The molecule has 0 amide bonds. The molecule has 3 heteroatoms. The molecule has 1 N–H and O–H groups in total. The summed E-state index contributed by atoms with van der Waals surface area (Å²) in [5.74, 6) is 0.511. The summed E-state index contributed by atoms with van der Waals surface area (Å²) in [5, 5.41) is 9.48. The predicted octanol–water partition coefficient (Wildman–Crippen LogP) is 2.02. The van der Waals surface area contributed by atoms with Gasteiger partial charge in [0.15, 0.2) is 0 Å². The minimum absolute atomic E-state index is 0.0927. The number of aldehydes is 1. The highest BCUT2D eigenvalue weighted by Gasteiger charge is 2.26. The Hall–Kier alpha value is -1.35. The van der Waals surface area contributed by atoms with Gasteiger partial charge >= 0.3 is 0 Å². The Morgan fingerprint density at radius 3 is 3.00 bits per heavy atom. The summed E-state index contributed by atoms with van der Waals surface area (Å²) < 4.78 is 0. The van der Waals surface area contributed by atoms with E-state index in [-0.39, 0.29) is 11.7 Å². The van der Waals surface area contributed by atoms with Gasteiger partial charge in [-0.15, -0.1) is 0 Å². The Kier molecular flexibility index (Phi) is 3.79. The Bertz CT molecular complexity index is 392. The molecule has 1 heterocycles. The number of piperidine rings is 1. The second-order valence-corrected chi connectivity index (χ2v) is 4.92. The monoisotopic (exact) mass is 233 g/mol. The normalized spacial score (nSPS) is 23.2. The van der Waals surface area contributed by atoms with Crippen molar-refractivity contribution >= 4 is 6.29 Å². The average Bonchev–Trinajstić information content (AvgIpc) is 2.30. The molecule has 2 unspecified atom stereocenters. The van der Waals surface area contributed by atoms with Gasteiger partial charge in [-0.25, -0.2) is 0 Å². The zero-order chi connectivity index (χ0) is 12.3. The van der Waals surface area contributed by atoms with Crippen LogP contribution in [0.3, 0.4) is 0 Å². The molecule has 2 atom stereocenters. The third kappa shape index (κ3) is 2.86. The third-order valence-electron chi connectivity index (χ3n) is 3.57. The minimum atomic E-state index is -0.0927. The van der Waals surface area contributed by atoms with Crippen LogP contribution in [0.2, 0.25) is 0 Å². The van der Waals surface area contributed by atoms with E-state index in [0.29, 0.717) is 5.92 Å². The Labute approximate surface area is 102 Å². The molecule has 0 bridgehead atoms. The smallest absolute Gasteiger partial charge is 0.127 e. The van der Waals surface area contributed by atoms with Crippen molar-refractivity contribution < 1.29 is 9.90 Å². The molecule has 1 aliphatic heterocycles. The van der Waals surface area contributed by atoms with Gasteiger partial charge in [0.2, 0.25) is 0 Å².